The summed E-state index contributed by atoms with van der Waals surface area (Å²) in [5, 5.41) is 32.4. The molecule has 1 atom stereocenters. The van der Waals surface area contributed by atoms with Crippen LogP contribution < -0.4 is 5.73 Å². The minimum atomic E-state index is -2.96. The maximum Gasteiger partial charge on any atom is 0.293 e. The van der Waals surface area contributed by atoms with Crippen molar-refractivity contribution in [3.63, 3.8) is 0 Å². The lowest BCUT2D eigenvalue weighted by Crippen LogP contribution is -2.50. The van der Waals surface area contributed by atoms with Gasteiger partial charge in [-0.1, -0.05) is 0 Å². The molecule has 5 nitrogen and oxygen atoms in total. The lowest BCUT2D eigenvalue weighted by Gasteiger charge is -2.19. The second kappa shape index (κ2) is 2.38. The highest BCUT2D eigenvalue weighted by molar-refractivity contribution is 4.65. The Morgan fingerprint density at radius 1 is 1.38 bits per heavy atom. The summed E-state index contributed by atoms with van der Waals surface area (Å²) in [7, 11) is 0. The van der Waals surface area contributed by atoms with Crippen molar-refractivity contribution in [2.45, 2.75) is 12.0 Å². The van der Waals surface area contributed by atoms with Gasteiger partial charge in [0.15, 0.2) is 0 Å². The summed E-state index contributed by atoms with van der Waals surface area (Å²) in [6, 6.07) is -1.43. The Morgan fingerprint density at radius 3 is 1.75 bits per heavy atom. The number of hydrogen-bond acceptors (Lipinski definition) is 5. The average molecular weight is 123 g/mol. The van der Waals surface area contributed by atoms with E-state index in [0.29, 0.717) is 0 Å². The quantitative estimate of drug-likeness (QED) is 0.250. The van der Waals surface area contributed by atoms with Crippen molar-refractivity contribution in [2.75, 3.05) is 6.61 Å². The van der Waals surface area contributed by atoms with Gasteiger partial charge in [-0.3, -0.25) is 0 Å². The van der Waals surface area contributed by atoms with Crippen molar-refractivity contribution in [1.29, 1.82) is 0 Å². The summed E-state index contributed by atoms with van der Waals surface area (Å²) < 4.78 is 0. The van der Waals surface area contributed by atoms with Crippen LogP contribution in [0.15, 0.2) is 0 Å². The normalized spacial score (nSPS) is 16.1. The van der Waals surface area contributed by atoms with E-state index in [-0.39, 0.29) is 0 Å². The monoisotopic (exact) mass is 123 g/mol. The van der Waals surface area contributed by atoms with Gasteiger partial charge < -0.3 is 26.2 Å². The van der Waals surface area contributed by atoms with Gasteiger partial charge in [0.05, 0.1) is 6.61 Å². The molecule has 0 bridgehead atoms. The summed E-state index contributed by atoms with van der Waals surface area (Å²) in [5.41, 5.74) is 4.75. The first-order chi connectivity index (χ1) is 3.48. The van der Waals surface area contributed by atoms with E-state index in [2.05, 4.69) is 0 Å². The van der Waals surface area contributed by atoms with Crippen LogP contribution in [0.5, 0.6) is 0 Å². The van der Waals surface area contributed by atoms with Crippen molar-refractivity contribution < 1.29 is 20.4 Å². The van der Waals surface area contributed by atoms with E-state index < -0.39 is 18.6 Å². The zero-order chi connectivity index (χ0) is 6.78. The fraction of sp³-hybridized carbons (Fsp3) is 1.00. The molecule has 0 amide bonds. The summed E-state index contributed by atoms with van der Waals surface area (Å²) >= 11 is 0. The highest BCUT2D eigenvalue weighted by Crippen LogP contribution is 1.95. The molecule has 0 aliphatic heterocycles. The van der Waals surface area contributed by atoms with Gasteiger partial charge in [-0.2, -0.15) is 0 Å². The maximum absolute atomic E-state index is 8.11. The lowest BCUT2D eigenvalue weighted by molar-refractivity contribution is -0.325. The first-order valence-electron chi connectivity index (χ1n) is 2.02. The standard InChI is InChI=1S/C3H9NO4/c4-2(1-5)3(6,7)8/h2,5-8H,1,4H2. The predicted octanol–water partition coefficient (Wildman–Crippen LogP) is -3.06. The van der Waals surface area contributed by atoms with Gasteiger partial charge >= 0.3 is 0 Å². The summed E-state index contributed by atoms with van der Waals surface area (Å²) in [6.07, 6.45) is 0. The van der Waals surface area contributed by atoms with Crippen molar-refractivity contribution in [2.24, 2.45) is 5.73 Å². The van der Waals surface area contributed by atoms with Crippen molar-refractivity contribution in [3.8, 4) is 0 Å². The van der Waals surface area contributed by atoms with Crippen LogP contribution in [0.4, 0.5) is 0 Å². The number of hydrogen-bond donors (Lipinski definition) is 5. The summed E-state index contributed by atoms with van der Waals surface area (Å²) in [5.74, 6) is -2.96. The minimum absolute atomic E-state index is 0.677. The van der Waals surface area contributed by atoms with Crippen LogP contribution in [0.2, 0.25) is 0 Å². The predicted molar refractivity (Wildman–Crippen MR) is 24.4 cm³/mol. The first-order valence-corrected chi connectivity index (χ1v) is 2.02. The largest absolute Gasteiger partial charge is 0.394 e. The minimum Gasteiger partial charge on any atom is -0.394 e. The lowest BCUT2D eigenvalue weighted by atomic mass is 10.3. The molecule has 0 fully saturated rings. The van der Waals surface area contributed by atoms with Crippen molar-refractivity contribution in [1.82, 2.24) is 0 Å². The Labute approximate surface area is 46.0 Å². The highest BCUT2D eigenvalue weighted by Gasteiger charge is 2.27. The van der Waals surface area contributed by atoms with Gasteiger partial charge in [0.1, 0.15) is 6.04 Å². The van der Waals surface area contributed by atoms with Crippen LogP contribution in [-0.2, 0) is 0 Å². The smallest absolute Gasteiger partial charge is 0.293 e. The fourth-order valence-corrected chi connectivity index (χ4v) is 0.122. The molecular formula is C3H9NO4. The summed E-state index contributed by atoms with van der Waals surface area (Å²) in [4.78, 5) is 0. The molecule has 8 heavy (non-hydrogen) atoms. The molecule has 0 radical (unpaired) electrons. The van der Waals surface area contributed by atoms with Crippen LogP contribution in [0.25, 0.3) is 0 Å². The van der Waals surface area contributed by atoms with E-state index in [1.165, 1.54) is 0 Å². The number of aliphatic hydroxyl groups is 4. The van der Waals surface area contributed by atoms with Gasteiger partial charge in [0, 0.05) is 0 Å². The molecule has 0 aliphatic carbocycles. The molecule has 0 heterocycles. The van der Waals surface area contributed by atoms with Crippen LogP contribution in [0.1, 0.15) is 0 Å². The third-order valence-electron chi connectivity index (χ3n) is 0.694. The average Bonchev–Trinajstić information content (AvgIpc) is 1.62. The van der Waals surface area contributed by atoms with E-state index >= 15 is 0 Å². The van der Waals surface area contributed by atoms with Gasteiger partial charge in [-0.25, -0.2) is 0 Å². The molecule has 0 saturated carbocycles. The van der Waals surface area contributed by atoms with Gasteiger partial charge in [-0.05, 0) is 0 Å². The molecule has 0 spiro atoms. The molecule has 0 aromatic carbocycles. The van der Waals surface area contributed by atoms with E-state index in [4.69, 9.17) is 26.2 Å². The second-order valence-corrected chi connectivity index (χ2v) is 1.48. The number of aliphatic hydroxyl groups excluding tert-OH is 1. The van der Waals surface area contributed by atoms with Gasteiger partial charge in [0.25, 0.3) is 5.97 Å². The summed E-state index contributed by atoms with van der Waals surface area (Å²) in [6.45, 7) is -0.677. The third-order valence-corrected chi connectivity index (χ3v) is 0.694. The number of rotatable bonds is 2. The van der Waals surface area contributed by atoms with Gasteiger partial charge in [-0.15, -0.1) is 0 Å². The highest BCUT2D eigenvalue weighted by atomic mass is 16.7. The zero-order valence-electron chi connectivity index (χ0n) is 4.15. The fourth-order valence-electron chi connectivity index (χ4n) is 0.122. The zero-order valence-corrected chi connectivity index (χ0v) is 4.15. The van der Waals surface area contributed by atoms with Crippen molar-refractivity contribution in [3.05, 3.63) is 0 Å². The molecule has 0 aliphatic rings. The molecule has 0 aromatic rings. The Kier molecular flexibility index (Phi) is 2.32. The van der Waals surface area contributed by atoms with Crippen LogP contribution >= 0.6 is 0 Å². The first kappa shape index (κ1) is 7.80. The number of nitrogens with two attached hydrogens (primary N) is 1. The van der Waals surface area contributed by atoms with Crippen molar-refractivity contribution >= 4 is 0 Å². The SMILES string of the molecule is NC(CO)C(O)(O)O. The Hall–Kier alpha value is -0.200. The molecule has 6 N–H and O–H groups in total. The van der Waals surface area contributed by atoms with E-state index in [0.717, 1.165) is 0 Å². The maximum atomic E-state index is 8.11. The molecule has 0 aromatic heterocycles. The molecule has 50 valence electrons. The van der Waals surface area contributed by atoms with Crippen LogP contribution in [0.3, 0.4) is 0 Å². The molecule has 0 saturated heterocycles. The molecule has 5 heteroatoms. The molecular weight excluding hydrogens is 114 g/mol. The Morgan fingerprint density at radius 2 is 1.75 bits per heavy atom. The Balaban J connectivity index is 3.62. The molecule has 0 rings (SSSR count). The molecule has 1 unspecified atom stereocenters. The topological polar surface area (TPSA) is 107 Å². The third kappa shape index (κ3) is 2.20. The Bertz CT molecular complexity index is 68.2. The van der Waals surface area contributed by atoms with Gasteiger partial charge in [0.2, 0.25) is 0 Å². The van der Waals surface area contributed by atoms with E-state index in [9.17, 15) is 0 Å². The van der Waals surface area contributed by atoms with E-state index in [1.54, 1.807) is 0 Å². The van der Waals surface area contributed by atoms with Crippen LogP contribution in [0, 0.1) is 0 Å². The van der Waals surface area contributed by atoms with E-state index in [1.807, 2.05) is 0 Å². The van der Waals surface area contributed by atoms with Crippen LogP contribution in [-0.4, -0.2) is 39.0 Å². The second-order valence-electron chi connectivity index (χ2n) is 1.48.